The summed E-state index contributed by atoms with van der Waals surface area (Å²) in [4.78, 5) is 37.7. The summed E-state index contributed by atoms with van der Waals surface area (Å²) in [5.41, 5.74) is 1.72. The number of carbonyl (C=O) groups excluding carboxylic acids is 2. The van der Waals surface area contributed by atoms with Gasteiger partial charge >= 0.3 is 5.97 Å². The number of nitrogens with zero attached hydrogens (tertiary/aromatic N) is 6. The maximum atomic E-state index is 13.1. The van der Waals surface area contributed by atoms with Crippen LogP contribution in [0.15, 0.2) is 51.4 Å². The molecule has 2 aromatic heterocycles. The standard InChI is InChI=1S/C19H18N6O4/c1-4-29-19(28)16-18(27)24-14(20-21-16)10-13(22-24)15-11(2)23(3)25(17(15)26)12-8-6-5-7-9-12/h5-10,16H,4H2,1-3H3. The molecule has 1 aromatic carbocycles. The monoisotopic (exact) mass is 394 g/mol. The van der Waals surface area contributed by atoms with Crippen molar-refractivity contribution in [2.45, 2.75) is 19.9 Å². The zero-order valence-electron chi connectivity index (χ0n) is 16.1. The highest BCUT2D eigenvalue weighted by atomic mass is 16.5. The Morgan fingerprint density at radius 2 is 1.93 bits per heavy atom. The van der Waals surface area contributed by atoms with Crippen molar-refractivity contribution < 1.29 is 14.3 Å². The fourth-order valence-corrected chi connectivity index (χ4v) is 3.24. The number of ether oxygens (including phenoxy) is 1. The van der Waals surface area contributed by atoms with Gasteiger partial charge in [-0.15, -0.1) is 5.11 Å². The van der Waals surface area contributed by atoms with Crippen LogP contribution < -0.4 is 5.56 Å². The van der Waals surface area contributed by atoms with Crippen LogP contribution in [-0.4, -0.2) is 43.7 Å². The van der Waals surface area contributed by atoms with Gasteiger partial charge in [-0.2, -0.15) is 14.9 Å². The van der Waals surface area contributed by atoms with Gasteiger partial charge in [-0.3, -0.25) is 14.3 Å². The van der Waals surface area contributed by atoms with E-state index in [1.807, 2.05) is 30.3 Å². The van der Waals surface area contributed by atoms with E-state index in [0.29, 0.717) is 16.9 Å². The van der Waals surface area contributed by atoms with E-state index in [2.05, 4.69) is 15.3 Å². The van der Waals surface area contributed by atoms with E-state index in [1.165, 1.54) is 10.7 Å². The number of fused-ring (bicyclic) bond motifs is 1. The zero-order chi connectivity index (χ0) is 20.7. The van der Waals surface area contributed by atoms with Crippen LogP contribution in [0.3, 0.4) is 0 Å². The van der Waals surface area contributed by atoms with E-state index < -0.39 is 17.9 Å². The average Bonchev–Trinajstić information content (AvgIpc) is 3.22. The molecular formula is C19H18N6O4. The van der Waals surface area contributed by atoms with Crippen molar-refractivity contribution in [3.8, 4) is 16.9 Å². The van der Waals surface area contributed by atoms with Crippen LogP contribution in [0.4, 0.5) is 5.82 Å². The molecule has 10 heteroatoms. The summed E-state index contributed by atoms with van der Waals surface area (Å²) in [6, 6.07) is 9.30. The predicted octanol–water partition coefficient (Wildman–Crippen LogP) is 2.02. The number of rotatable bonds is 4. The van der Waals surface area contributed by atoms with Crippen LogP contribution >= 0.6 is 0 Å². The molecule has 0 saturated carbocycles. The lowest BCUT2D eigenvalue weighted by Gasteiger charge is -2.13. The first kappa shape index (κ1) is 18.5. The molecule has 0 bridgehead atoms. The normalized spacial score (nSPS) is 15.4. The van der Waals surface area contributed by atoms with Gasteiger partial charge in [0.2, 0.25) is 6.04 Å². The predicted molar refractivity (Wildman–Crippen MR) is 103 cm³/mol. The Bertz CT molecular complexity index is 1200. The molecule has 4 rings (SSSR count). The number of carbonyl (C=O) groups is 2. The van der Waals surface area contributed by atoms with Crippen LogP contribution in [0.2, 0.25) is 0 Å². The molecule has 29 heavy (non-hydrogen) atoms. The van der Waals surface area contributed by atoms with Crippen LogP contribution in [-0.2, 0) is 16.6 Å². The van der Waals surface area contributed by atoms with Crippen LogP contribution in [0.5, 0.6) is 0 Å². The van der Waals surface area contributed by atoms with E-state index in [4.69, 9.17) is 4.74 Å². The maximum absolute atomic E-state index is 13.1. The SMILES string of the molecule is CCOC(=O)C1N=Nc2cc(-c3c(C)n(C)n(-c4ccccc4)c3=O)nn2C1=O. The average molecular weight is 394 g/mol. The number of para-hydroxylation sites is 1. The summed E-state index contributed by atoms with van der Waals surface area (Å²) in [7, 11) is 1.77. The van der Waals surface area contributed by atoms with E-state index in [0.717, 1.165) is 4.68 Å². The lowest BCUT2D eigenvalue weighted by Crippen LogP contribution is -2.36. The Morgan fingerprint density at radius 3 is 2.62 bits per heavy atom. The van der Waals surface area contributed by atoms with Crippen molar-refractivity contribution in [1.82, 2.24) is 19.1 Å². The molecule has 0 amide bonds. The lowest BCUT2D eigenvalue weighted by molar-refractivity contribution is -0.143. The molecule has 3 aromatic rings. The minimum atomic E-state index is -1.40. The number of esters is 1. The molecule has 0 N–H and O–H groups in total. The minimum Gasteiger partial charge on any atom is -0.464 e. The Morgan fingerprint density at radius 1 is 1.21 bits per heavy atom. The minimum absolute atomic E-state index is 0.123. The van der Waals surface area contributed by atoms with Gasteiger partial charge in [0.1, 0.15) is 5.69 Å². The summed E-state index contributed by atoms with van der Waals surface area (Å²) in [5, 5.41) is 11.9. The maximum Gasteiger partial charge on any atom is 0.342 e. The summed E-state index contributed by atoms with van der Waals surface area (Å²) < 4.78 is 9.08. The largest absolute Gasteiger partial charge is 0.464 e. The van der Waals surface area contributed by atoms with Gasteiger partial charge in [-0.25, -0.2) is 9.48 Å². The molecule has 1 aliphatic heterocycles. The molecule has 0 aliphatic carbocycles. The van der Waals surface area contributed by atoms with Crippen LogP contribution in [0.1, 0.15) is 17.4 Å². The van der Waals surface area contributed by atoms with Gasteiger partial charge in [0.25, 0.3) is 11.5 Å². The van der Waals surface area contributed by atoms with Gasteiger partial charge in [-0.05, 0) is 26.0 Å². The molecule has 0 radical (unpaired) electrons. The number of aromatic nitrogens is 4. The summed E-state index contributed by atoms with van der Waals surface area (Å²) in [5.74, 6) is -1.30. The molecule has 148 valence electrons. The third kappa shape index (κ3) is 2.89. The van der Waals surface area contributed by atoms with Crippen molar-refractivity contribution >= 4 is 17.7 Å². The Labute approximate surface area is 165 Å². The van der Waals surface area contributed by atoms with E-state index in [1.54, 1.807) is 25.6 Å². The highest BCUT2D eigenvalue weighted by Crippen LogP contribution is 2.28. The van der Waals surface area contributed by atoms with Crippen molar-refractivity contribution in [2.75, 3.05) is 6.61 Å². The third-order valence-corrected chi connectivity index (χ3v) is 4.73. The van der Waals surface area contributed by atoms with E-state index >= 15 is 0 Å². The smallest absolute Gasteiger partial charge is 0.342 e. The fraction of sp³-hybridized carbons (Fsp3) is 0.263. The van der Waals surface area contributed by atoms with Crippen molar-refractivity contribution in [1.29, 1.82) is 0 Å². The van der Waals surface area contributed by atoms with Crippen molar-refractivity contribution in [3.63, 3.8) is 0 Å². The highest BCUT2D eigenvalue weighted by molar-refractivity contribution is 6.04. The first-order chi connectivity index (χ1) is 13.9. The summed E-state index contributed by atoms with van der Waals surface area (Å²) >= 11 is 0. The first-order valence-corrected chi connectivity index (χ1v) is 9.00. The molecule has 3 heterocycles. The molecule has 1 unspecified atom stereocenters. The van der Waals surface area contributed by atoms with Gasteiger partial charge in [-0.1, -0.05) is 18.2 Å². The van der Waals surface area contributed by atoms with Crippen molar-refractivity contribution in [2.24, 2.45) is 17.3 Å². The Kier molecular flexibility index (Phi) is 4.45. The molecule has 1 atom stereocenters. The van der Waals surface area contributed by atoms with Crippen LogP contribution in [0, 0.1) is 6.92 Å². The van der Waals surface area contributed by atoms with Gasteiger partial charge in [0.15, 0.2) is 5.82 Å². The van der Waals surface area contributed by atoms with Crippen LogP contribution in [0.25, 0.3) is 16.9 Å². The number of benzene rings is 1. The fourth-order valence-electron chi connectivity index (χ4n) is 3.24. The van der Waals surface area contributed by atoms with E-state index in [-0.39, 0.29) is 23.7 Å². The Hall–Kier alpha value is -3.82. The highest BCUT2D eigenvalue weighted by Gasteiger charge is 2.35. The van der Waals surface area contributed by atoms with E-state index in [9.17, 15) is 14.4 Å². The number of azo groups is 1. The Balaban J connectivity index is 1.79. The molecule has 10 nitrogen and oxygen atoms in total. The molecule has 0 spiro atoms. The molecule has 0 fully saturated rings. The number of hydrogen-bond donors (Lipinski definition) is 0. The van der Waals surface area contributed by atoms with Gasteiger partial charge < -0.3 is 4.74 Å². The molecule has 0 saturated heterocycles. The zero-order valence-corrected chi connectivity index (χ0v) is 16.1. The second kappa shape index (κ2) is 6.97. The second-order valence-corrected chi connectivity index (χ2v) is 6.44. The quantitative estimate of drug-likeness (QED) is 0.496. The lowest BCUT2D eigenvalue weighted by atomic mass is 10.2. The van der Waals surface area contributed by atoms with Crippen molar-refractivity contribution in [3.05, 3.63) is 52.4 Å². The van der Waals surface area contributed by atoms with Gasteiger partial charge in [0, 0.05) is 18.8 Å². The first-order valence-electron chi connectivity index (χ1n) is 9.00. The second-order valence-electron chi connectivity index (χ2n) is 6.44. The summed E-state index contributed by atoms with van der Waals surface area (Å²) in [6.07, 6.45) is 0. The third-order valence-electron chi connectivity index (χ3n) is 4.73. The molecule has 1 aliphatic rings. The van der Waals surface area contributed by atoms with Gasteiger partial charge in [0.05, 0.1) is 17.9 Å². The summed E-state index contributed by atoms with van der Waals surface area (Å²) in [6.45, 7) is 3.55. The number of hydrogen-bond acceptors (Lipinski definition) is 7. The molecular weight excluding hydrogens is 376 g/mol. The topological polar surface area (TPSA) is 113 Å².